The number of anilines is 1. The van der Waals surface area contributed by atoms with Crippen LogP contribution in [0.15, 0.2) is 52.1 Å². The van der Waals surface area contributed by atoms with Crippen LogP contribution in [0.3, 0.4) is 0 Å². The number of amides is 1. The zero-order valence-corrected chi connectivity index (χ0v) is 17.9. The van der Waals surface area contributed by atoms with E-state index in [0.717, 1.165) is 28.1 Å². The first kappa shape index (κ1) is 21.4. The predicted octanol–water partition coefficient (Wildman–Crippen LogP) is 4.40. The number of rotatable bonds is 8. The SMILES string of the molecule is COc1ccc(-c2nnc(SCC(=O)N(CCC#N)c3ccc(C)c(C)c3)o2)cc1. The number of benzene rings is 2. The maximum Gasteiger partial charge on any atom is 0.277 e. The summed E-state index contributed by atoms with van der Waals surface area (Å²) >= 11 is 1.18. The van der Waals surface area contributed by atoms with Gasteiger partial charge in [0.2, 0.25) is 11.8 Å². The first-order valence-electron chi connectivity index (χ1n) is 9.37. The predicted molar refractivity (Wildman–Crippen MR) is 116 cm³/mol. The quantitative estimate of drug-likeness (QED) is 0.497. The monoisotopic (exact) mass is 422 g/mol. The molecule has 1 aromatic heterocycles. The van der Waals surface area contributed by atoms with Gasteiger partial charge in [-0.2, -0.15) is 5.26 Å². The van der Waals surface area contributed by atoms with Crippen molar-refractivity contribution in [1.29, 1.82) is 5.26 Å². The van der Waals surface area contributed by atoms with Crippen LogP contribution in [0, 0.1) is 25.2 Å². The normalized spacial score (nSPS) is 10.5. The maximum atomic E-state index is 12.9. The van der Waals surface area contributed by atoms with Gasteiger partial charge in [0.05, 0.1) is 25.4 Å². The highest BCUT2D eigenvalue weighted by Gasteiger charge is 2.18. The zero-order valence-electron chi connectivity index (χ0n) is 17.1. The third-order valence-corrected chi connectivity index (χ3v) is 5.42. The number of aryl methyl sites for hydroxylation is 2. The fraction of sp³-hybridized carbons (Fsp3) is 0.273. The number of aromatic nitrogens is 2. The summed E-state index contributed by atoms with van der Waals surface area (Å²) in [6.45, 7) is 4.35. The first-order valence-corrected chi connectivity index (χ1v) is 10.4. The van der Waals surface area contributed by atoms with Gasteiger partial charge in [-0.3, -0.25) is 4.79 Å². The number of nitrogens with zero attached hydrogens (tertiary/aromatic N) is 4. The Kier molecular flexibility index (Phi) is 7.09. The van der Waals surface area contributed by atoms with Gasteiger partial charge in [0.1, 0.15) is 5.75 Å². The number of methoxy groups -OCH3 is 1. The Bertz CT molecular complexity index is 1060. The molecule has 1 heterocycles. The lowest BCUT2D eigenvalue weighted by molar-refractivity contribution is -0.116. The highest BCUT2D eigenvalue weighted by Crippen LogP contribution is 2.26. The lowest BCUT2D eigenvalue weighted by atomic mass is 10.1. The van der Waals surface area contributed by atoms with Crippen molar-refractivity contribution in [3.05, 3.63) is 53.6 Å². The Morgan fingerprint density at radius 3 is 2.60 bits per heavy atom. The lowest BCUT2D eigenvalue weighted by Crippen LogP contribution is -2.33. The molecule has 0 saturated carbocycles. The number of carbonyl (C=O) groups is 1. The van der Waals surface area contributed by atoms with Crippen LogP contribution in [0.1, 0.15) is 17.5 Å². The van der Waals surface area contributed by atoms with Gasteiger partial charge >= 0.3 is 0 Å². The molecule has 0 atom stereocenters. The summed E-state index contributed by atoms with van der Waals surface area (Å²) in [7, 11) is 1.60. The van der Waals surface area contributed by atoms with E-state index in [1.54, 1.807) is 12.0 Å². The average Bonchev–Trinajstić information content (AvgIpc) is 3.24. The van der Waals surface area contributed by atoms with Crippen molar-refractivity contribution in [2.45, 2.75) is 25.5 Å². The van der Waals surface area contributed by atoms with Gasteiger partial charge < -0.3 is 14.1 Å². The van der Waals surface area contributed by atoms with Crippen molar-refractivity contribution >= 4 is 23.4 Å². The third-order valence-electron chi connectivity index (χ3n) is 4.61. The number of hydrogen-bond donors (Lipinski definition) is 0. The highest BCUT2D eigenvalue weighted by molar-refractivity contribution is 7.99. The summed E-state index contributed by atoms with van der Waals surface area (Å²) in [4.78, 5) is 14.5. The fourth-order valence-corrected chi connectivity index (χ4v) is 3.41. The molecule has 0 spiro atoms. The zero-order chi connectivity index (χ0) is 21.5. The molecule has 154 valence electrons. The van der Waals surface area contributed by atoms with Crippen molar-refractivity contribution in [3.63, 3.8) is 0 Å². The van der Waals surface area contributed by atoms with Crippen LogP contribution in [0.25, 0.3) is 11.5 Å². The van der Waals surface area contributed by atoms with Gasteiger partial charge in [0.25, 0.3) is 5.22 Å². The molecule has 0 saturated heterocycles. The molecule has 8 heteroatoms. The largest absolute Gasteiger partial charge is 0.497 e. The number of carbonyl (C=O) groups excluding carboxylic acids is 1. The van der Waals surface area contributed by atoms with Crippen LogP contribution < -0.4 is 9.64 Å². The summed E-state index contributed by atoms with van der Waals surface area (Å²) in [6.07, 6.45) is 0.255. The molecule has 1 amide bonds. The molecular formula is C22H22N4O3S. The van der Waals surface area contributed by atoms with Crippen molar-refractivity contribution in [2.24, 2.45) is 0 Å². The minimum atomic E-state index is -0.122. The van der Waals surface area contributed by atoms with E-state index in [4.69, 9.17) is 14.4 Å². The van der Waals surface area contributed by atoms with Gasteiger partial charge in [0.15, 0.2) is 0 Å². The Morgan fingerprint density at radius 2 is 1.93 bits per heavy atom. The Morgan fingerprint density at radius 1 is 1.17 bits per heavy atom. The van der Waals surface area contributed by atoms with E-state index in [1.165, 1.54) is 11.8 Å². The standard InChI is InChI=1S/C22H22N4O3S/c1-15-5-8-18(13-16(15)2)26(12-4-11-23)20(27)14-30-22-25-24-21(29-22)17-6-9-19(28-3)10-7-17/h5-10,13H,4,12,14H2,1-3H3. The molecule has 0 unspecified atom stereocenters. The van der Waals surface area contributed by atoms with Crippen LogP contribution in [-0.4, -0.2) is 35.5 Å². The summed E-state index contributed by atoms with van der Waals surface area (Å²) in [5, 5.41) is 17.3. The van der Waals surface area contributed by atoms with Crippen LogP contribution >= 0.6 is 11.8 Å². The molecule has 3 aromatic rings. The van der Waals surface area contributed by atoms with Crippen LogP contribution in [0.2, 0.25) is 0 Å². The van der Waals surface area contributed by atoms with Gasteiger partial charge in [-0.15, -0.1) is 10.2 Å². The topological polar surface area (TPSA) is 92.3 Å². The third kappa shape index (κ3) is 5.19. The summed E-state index contributed by atoms with van der Waals surface area (Å²) < 4.78 is 10.8. The number of ether oxygens (including phenoxy) is 1. The fourth-order valence-electron chi connectivity index (χ4n) is 2.77. The van der Waals surface area contributed by atoms with Crippen molar-refractivity contribution < 1.29 is 13.9 Å². The van der Waals surface area contributed by atoms with E-state index in [1.807, 2.05) is 56.3 Å². The highest BCUT2D eigenvalue weighted by atomic mass is 32.2. The second-order valence-corrected chi connectivity index (χ2v) is 7.54. The molecule has 0 aliphatic rings. The van der Waals surface area contributed by atoms with Gasteiger partial charge in [0, 0.05) is 17.8 Å². The summed E-state index contributed by atoms with van der Waals surface area (Å²) in [5.74, 6) is 1.12. The summed E-state index contributed by atoms with van der Waals surface area (Å²) in [5.41, 5.74) is 3.80. The van der Waals surface area contributed by atoms with Crippen LogP contribution in [0.5, 0.6) is 5.75 Å². The Hall–Kier alpha value is -3.31. The molecule has 0 radical (unpaired) electrons. The molecule has 30 heavy (non-hydrogen) atoms. The molecule has 2 aromatic carbocycles. The second-order valence-electron chi connectivity index (χ2n) is 6.61. The molecule has 0 bridgehead atoms. The lowest BCUT2D eigenvalue weighted by Gasteiger charge is -2.22. The molecule has 0 fully saturated rings. The van der Waals surface area contributed by atoms with Crippen LogP contribution in [0.4, 0.5) is 5.69 Å². The summed E-state index contributed by atoms with van der Waals surface area (Å²) in [6, 6.07) is 15.2. The molecular weight excluding hydrogens is 400 g/mol. The maximum absolute atomic E-state index is 12.9. The van der Waals surface area contributed by atoms with E-state index < -0.39 is 0 Å². The van der Waals surface area contributed by atoms with Crippen LogP contribution in [-0.2, 0) is 4.79 Å². The van der Waals surface area contributed by atoms with Gasteiger partial charge in [-0.1, -0.05) is 17.8 Å². The minimum Gasteiger partial charge on any atom is -0.497 e. The first-order chi connectivity index (χ1) is 14.5. The van der Waals surface area contributed by atoms with Crippen molar-refractivity contribution in [2.75, 3.05) is 24.3 Å². The molecule has 3 rings (SSSR count). The molecule has 0 aliphatic heterocycles. The van der Waals surface area contributed by atoms with E-state index in [2.05, 4.69) is 16.3 Å². The second kappa shape index (κ2) is 9.94. The number of thioether (sulfide) groups is 1. The van der Waals surface area contributed by atoms with Crippen molar-refractivity contribution in [3.8, 4) is 23.3 Å². The molecule has 0 N–H and O–H groups in total. The van der Waals surface area contributed by atoms with E-state index in [-0.39, 0.29) is 18.1 Å². The molecule has 0 aliphatic carbocycles. The average molecular weight is 423 g/mol. The van der Waals surface area contributed by atoms with Gasteiger partial charge in [-0.05, 0) is 61.4 Å². The Balaban J connectivity index is 1.68. The van der Waals surface area contributed by atoms with Gasteiger partial charge in [-0.25, -0.2) is 0 Å². The minimum absolute atomic E-state index is 0.122. The number of nitriles is 1. The number of hydrogen-bond acceptors (Lipinski definition) is 7. The van der Waals surface area contributed by atoms with E-state index >= 15 is 0 Å². The Labute approximate surface area is 179 Å². The smallest absolute Gasteiger partial charge is 0.277 e. The van der Waals surface area contributed by atoms with E-state index in [9.17, 15) is 4.79 Å². The van der Waals surface area contributed by atoms with E-state index in [0.29, 0.717) is 17.7 Å². The molecule has 7 nitrogen and oxygen atoms in total. The van der Waals surface area contributed by atoms with Crippen molar-refractivity contribution in [1.82, 2.24) is 10.2 Å².